The van der Waals surface area contributed by atoms with Crippen LogP contribution in [0.4, 0.5) is 10.1 Å². The summed E-state index contributed by atoms with van der Waals surface area (Å²) in [6.07, 6.45) is 5.84. The standard InChI is InChI=1S/C25H28Cl3FN2O/c1-30-20-13-16(27)9-10-18(20)25(15-32)22(17-7-6-8-19(28)23(17)29)21(14-26)31(2)24(25)11-4-3-5-12-24/h6-10,13,15,21-22,30H,3-5,11-12,14H2,1-2H3/t21?,22?,25-/m1/s1. The summed E-state index contributed by atoms with van der Waals surface area (Å²) in [7, 11) is 3.85. The van der Waals surface area contributed by atoms with Crippen molar-refractivity contribution in [2.24, 2.45) is 0 Å². The number of hydrogen-bond acceptors (Lipinski definition) is 3. The van der Waals surface area contributed by atoms with Crippen molar-refractivity contribution in [3.8, 4) is 0 Å². The minimum absolute atomic E-state index is 0.0489. The Morgan fingerprint density at radius 1 is 1.19 bits per heavy atom. The summed E-state index contributed by atoms with van der Waals surface area (Å²) in [4.78, 5) is 15.7. The molecule has 2 aromatic carbocycles. The lowest BCUT2D eigenvalue weighted by atomic mass is 9.55. The Labute approximate surface area is 204 Å². The summed E-state index contributed by atoms with van der Waals surface area (Å²) in [6, 6.07) is 10.3. The topological polar surface area (TPSA) is 32.3 Å². The Balaban J connectivity index is 2.10. The third kappa shape index (κ3) is 3.29. The van der Waals surface area contributed by atoms with Gasteiger partial charge in [-0.1, -0.05) is 60.7 Å². The van der Waals surface area contributed by atoms with E-state index in [1.165, 1.54) is 6.07 Å². The van der Waals surface area contributed by atoms with Crippen LogP contribution in [0, 0.1) is 5.82 Å². The van der Waals surface area contributed by atoms with E-state index < -0.39 is 22.7 Å². The number of hydrogen-bond donors (Lipinski definition) is 1. The molecular formula is C25H28Cl3FN2O. The van der Waals surface area contributed by atoms with Gasteiger partial charge < -0.3 is 10.1 Å². The first-order valence-corrected chi connectivity index (χ1v) is 12.3. The Morgan fingerprint density at radius 3 is 2.53 bits per heavy atom. The third-order valence-corrected chi connectivity index (χ3v) is 8.70. The summed E-state index contributed by atoms with van der Waals surface area (Å²) < 4.78 is 15.5. The number of likely N-dealkylation sites (N-methyl/N-ethyl adjacent to an activating group) is 1. The summed E-state index contributed by atoms with van der Waals surface area (Å²) in [6.45, 7) is 0. The van der Waals surface area contributed by atoms with Gasteiger partial charge in [0, 0.05) is 41.1 Å². The highest BCUT2D eigenvalue weighted by atomic mass is 35.5. The van der Waals surface area contributed by atoms with Gasteiger partial charge in [0.25, 0.3) is 0 Å². The highest BCUT2D eigenvalue weighted by molar-refractivity contribution is 6.31. The summed E-state index contributed by atoms with van der Waals surface area (Å²) in [5, 5.41) is 3.85. The number of carbonyl (C=O) groups is 1. The van der Waals surface area contributed by atoms with Crippen LogP contribution in [0.25, 0.3) is 0 Å². The zero-order chi connectivity index (χ0) is 23.1. The van der Waals surface area contributed by atoms with Crippen molar-refractivity contribution in [3.63, 3.8) is 0 Å². The van der Waals surface area contributed by atoms with Crippen molar-refractivity contribution in [1.29, 1.82) is 0 Å². The second kappa shape index (κ2) is 9.13. The van der Waals surface area contributed by atoms with Crippen molar-refractivity contribution in [1.82, 2.24) is 4.90 Å². The Kier molecular flexibility index (Phi) is 6.80. The van der Waals surface area contributed by atoms with Crippen molar-refractivity contribution in [3.05, 3.63) is 63.4 Å². The number of benzene rings is 2. The maximum absolute atomic E-state index is 15.5. The first-order chi connectivity index (χ1) is 15.4. The van der Waals surface area contributed by atoms with Gasteiger partial charge in [0.05, 0.1) is 10.4 Å². The molecule has 0 radical (unpaired) electrons. The molecule has 1 saturated heterocycles. The van der Waals surface area contributed by atoms with E-state index in [4.69, 9.17) is 34.8 Å². The summed E-state index contributed by atoms with van der Waals surface area (Å²) >= 11 is 19.1. The molecule has 4 rings (SSSR count). The van der Waals surface area contributed by atoms with E-state index in [0.29, 0.717) is 10.6 Å². The molecule has 32 heavy (non-hydrogen) atoms. The lowest BCUT2D eigenvalue weighted by Gasteiger charge is -2.51. The molecule has 0 bridgehead atoms. The van der Waals surface area contributed by atoms with Crippen molar-refractivity contribution in [2.75, 3.05) is 25.3 Å². The van der Waals surface area contributed by atoms with E-state index >= 15 is 4.39 Å². The molecule has 1 aliphatic heterocycles. The largest absolute Gasteiger partial charge is 0.388 e. The molecule has 3 nitrogen and oxygen atoms in total. The van der Waals surface area contributed by atoms with Crippen LogP contribution in [0.15, 0.2) is 36.4 Å². The number of likely N-dealkylation sites (tertiary alicyclic amines) is 1. The Hall–Kier alpha value is -1.33. The van der Waals surface area contributed by atoms with Crippen molar-refractivity contribution < 1.29 is 9.18 Å². The average Bonchev–Trinajstić information content (AvgIpc) is 3.00. The fourth-order valence-electron chi connectivity index (χ4n) is 6.48. The number of halogens is 4. The van der Waals surface area contributed by atoms with Crippen molar-refractivity contribution in [2.45, 2.75) is 55.0 Å². The lowest BCUT2D eigenvalue weighted by Crippen LogP contribution is -2.58. The predicted octanol–water partition coefficient (Wildman–Crippen LogP) is 6.65. The minimum Gasteiger partial charge on any atom is -0.388 e. The third-order valence-electron chi connectivity index (χ3n) is 7.86. The number of anilines is 1. The van der Waals surface area contributed by atoms with E-state index in [-0.39, 0.29) is 16.9 Å². The predicted molar refractivity (Wildman–Crippen MR) is 131 cm³/mol. The van der Waals surface area contributed by atoms with Crippen LogP contribution in [0.5, 0.6) is 0 Å². The van der Waals surface area contributed by atoms with Crippen molar-refractivity contribution >= 4 is 46.8 Å². The van der Waals surface area contributed by atoms with Gasteiger partial charge in [-0.2, -0.15) is 0 Å². The first-order valence-electron chi connectivity index (χ1n) is 11.0. The van der Waals surface area contributed by atoms with Gasteiger partial charge in [0.1, 0.15) is 12.1 Å². The maximum atomic E-state index is 15.5. The Morgan fingerprint density at radius 2 is 1.91 bits per heavy atom. The van der Waals surface area contributed by atoms with Gasteiger partial charge in [-0.15, -0.1) is 11.6 Å². The summed E-state index contributed by atoms with van der Waals surface area (Å²) in [5.41, 5.74) is 0.499. The van der Waals surface area contributed by atoms with E-state index in [0.717, 1.165) is 49.6 Å². The lowest BCUT2D eigenvalue weighted by molar-refractivity contribution is -0.117. The van der Waals surface area contributed by atoms with Crippen LogP contribution < -0.4 is 5.32 Å². The molecule has 1 N–H and O–H groups in total. The van der Waals surface area contributed by atoms with Gasteiger partial charge in [-0.25, -0.2) is 4.39 Å². The monoisotopic (exact) mass is 496 g/mol. The average molecular weight is 498 g/mol. The zero-order valence-corrected chi connectivity index (χ0v) is 20.6. The van der Waals surface area contributed by atoms with Gasteiger partial charge >= 0.3 is 0 Å². The minimum atomic E-state index is -1.03. The van der Waals surface area contributed by atoms with Crippen LogP contribution in [0.2, 0.25) is 10.0 Å². The highest BCUT2D eigenvalue weighted by Crippen LogP contribution is 2.63. The second-order valence-corrected chi connectivity index (χ2v) is 10.1. The molecule has 172 valence electrons. The quantitative estimate of drug-likeness (QED) is 0.371. The van der Waals surface area contributed by atoms with Crippen LogP contribution in [0.3, 0.4) is 0 Å². The van der Waals surface area contributed by atoms with E-state index in [1.807, 2.05) is 26.2 Å². The summed E-state index contributed by atoms with van der Waals surface area (Å²) in [5.74, 6) is -0.721. The second-order valence-electron chi connectivity index (χ2n) is 8.97. The molecule has 3 atom stereocenters. The van der Waals surface area contributed by atoms with Gasteiger partial charge in [0.2, 0.25) is 0 Å². The molecule has 0 amide bonds. The van der Waals surface area contributed by atoms with E-state index in [2.05, 4.69) is 10.2 Å². The fourth-order valence-corrected chi connectivity index (χ4v) is 7.22. The molecule has 7 heteroatoms. The molecule has 0 aromatic heterocycles. The molecule has 1 heterocycles. The molecule has 2 aliphatic rings. The van der Waals surface area contributed by atoms with Crippen LogP contribution >= 0.6 is 34.8 Å². The van der Waals surface area contributed by atoms with Gasteiger partial charge in [-0.05, 0) is 49.2 Å². The first kappa shape index (κ1) is 23.8. The van der Waals surface area contributed by atoms with Gasteiger partial charge in [-0.3, -0.25) is 4.90 Å². The number of nitrogens with zero attached hydrogens (tertiary/aromatic N) is 1. The number of carbonyl (C=O) groups excluding carboxylic acids is 1. The number of nitrogens with one attached hydrogen (secondary N) is 1. The number of rotatable bonds is 5. The molecule has 1 saturated carbocycles. The molecule has 2 aromatic rings. The van der Waals surface area contributed by atoms with E-state index in [9.17, 15) is 4.79 Å². The normalized spacial score (nSPS) is 27.6. The molecule has 1 spiro atoms. The molecular weight excluding hydrogens is 470 g/mol. The van der Waals surface area contributed by atoms with E-state index in [1.54, 1.807) is 18.2 Å². The number of alkyl halides is 1. The van der Waals surface area contributed by atoms with Crippen LogP contribution in [0.1, 0.15) is 49.1 Å². The Bertz CT molecular complexity index is 1010. The smallest absolute Gasteiger partial charge is 0.145 e. The van der Waals surface area contributed by atoms with Crippen LogP contribution in [-0.4, -0.2) is 42.7 Å². The fraction of sp³-hybridized carbons (Fsp3) is 0.480. The molecule has 1 aliphatic carbocycles. The van der Waals surface area contributed by atoms with Crippen LogP contribution in [-0.2, 0) is 10.2 Å². The zero-order valence-electron chi connectivity index (χ0n) is 18.3. The maximum Gasteiger partial charge on any atom is 0.145 e. The SMILES string of the molecule is CNc1cc(Cl)ccc1[C@]1(C=O)C(c2cccc(Cl)c2F)C(CCl)N(C)C12CCCCC2. The highest BCUT2D eigenvalue weighted by Gasteiger charge is 2.68. The molecule has 2 fully saturated rings. The molecule has 2 unspecified atom stereocenters. The van der Waals surface area contributed by atoms with Gasteiger partial charge in [0.15, 0.2) is 0 Å². The number of aldehydes is 1.